The number of alkyl halides is 3. The number of halogens is 3. The molecule has 0 saturated carbocycles. The average Bonchev–Trinajstić information content (AvgIpc) is 3.15. The molecule has 3 fully saturated rings. The SMILES string of the molecule is [C-]#[N+]c1ccc(N2C(=O)[C@@H]3[C@H](C2=O)C2(C)OC3(C)[C@H](OS(C)(=O)=O)[C@H]2O)cc1C(F)(F)F. The van der Waals surface area contributed by atoms with Crippen molar-refractivity contribution in [3.8, 4) is 0 Å². The highest BCUT2D eigenvalue weighted by Crippen LogP contribution is 2.62. The van der Waals surface area contributed by atoms with E-state index in [9.17, 15) is 36.3 Å². The van der Waals surface area contributed by atoms with Crippen LogP contribution in [0.25, 0.3) is 4.85 Å². The minimum Gasteiger partial charge on any atom is -0.387 e. The Morgan fingerprint density at radius 3 is 2.25 bits per heavy atom. The summed E-state index contributed by atoms with van der Waals surface area (Å²) in [6.07, 6.45) is -7.26. The molecule has 3 saturated heterocycles. The van der Waals surface area contributed by atoms with E-state index in [0.29, 0.717) is 11.0 Å². The van der Waals surface area contributed by atoms with Gasteiger partial charge in [-0.3, -0.25) is 13.8 Å². The summed E-state index contributed by atoms with van der Waals surface area (Å²) in [5.74, 6) is -4.38. The molecule has 1 N–H and O–H groups in total. The Bertz CT molecular complexity index is 1190. The number of anilines is 1. The number of carbonyl (C=O) groups is 2. The van der Waals surface area contributed by atoms with Crippen molar-refractivity contribution < 1.29 is 45.2 Å². The van der Waals surface area contributed by atoms with Crippen LogP contribution in [0.4, 0.5) is 24.5 Å². The van der Waals surface area contributed by atoms with Crippen molar-refractivity contribution in [2.24, 2.45) is 11.8 Å². The lowest BCUT2D eigenvalue weighted by molar-refractivity contribution is -0.137. The van der Waals surface area contributed by atoms with Crippen molar-refractivity contribution in [3.05, 3.63) is 35.2 Å². The van der Waals surface area contributed by atoms with Crippen LogP contribution in [0.1, 0.15) is 19.4 Å². The maximum absolute atomic E-state index is 13.4. The van der Waals surface area contributed by atoms with Crippen molar-refractivity contribution in [1.29, 1.82) is 0 Å². The van der Waals surface area contributed by atoms with E-state index >= 15 is 0 Å². The summed E-state index contributed by atoms with van der Waals surface area (Å²) in [7, 11) is -4.09. The minimum atomic E-state index is -4.90. The number of carbonyl (C=O) groups excluding carboxylic acids is 2. The topological polar surface area (TPSA) is 115 Å². The van der Waals surface area contributed by atoms with Crippen LogP contribution in [0, 0.1) is 18.4 Å². The number of imide groups is 1. The molecular weight excluding hydrogens is 457 g/mol. The first-order valence-electron chi connectivity index (χ1n) is 9.29. The van der Waals surface area contributed by atoms with Gasteiger partial charge in [0.2, 0.25) is 11.8 Å². The first-order valence-corrected chi connectivity index (χ1v) is 11.1. The lowest BCUT2D eigenvalue weighted by Gasteiger charge is -2.37. The molecule has 2 bridgehead atoms. The number of rotatable bonds is 3. The normalized spacial score (nSPS) is 36.5. The predicted molar refractivity (Wildman–Crippen MR) is 101 cm³/mol. The summed E-state index contributed by atoms with van der Waals surface area (Å²) in [6, 6.07) is 2.45. The molecule has 2 unspecified atom stereocenters. The van der Waals surface area contributed by atoms with Crippen LogP contribution in [-0.2, 0) is 34.8 Å². The number of ether oxygens (including phenoxy) is 1. The number of aliphatic hydroxyl groups excluding tert-OH is 1. The van der Waals surface area contributed by atoms with Crippen LogP contribution in [0.2, 0.25) is 0 Å². The third-order valence-corrected chi connectivity index (χ3v) is 6.92. The maximum Gasteiger partial charge on any atom is 0.407 e. The molecule has 1 aromatic rings. The second-order valence-corrected chi connectivity index (χ2v) is 10.0. The van der Waals surface area contributed by atoms with Gasteiger partial charge in [0.1, 0.15) is 23.4 Å². The van der Waals surface area contributed by atoms with E-state index in [4.69, 9.17) is 15.5 Å². The third-order valence-electron chi connectivity index (χ3n) is 6.36. The zero-order valence-electron chi connectivity index (χ0n) is 16.9. The Labute approximate surface area is 180 Å². The summed E-state index contributed by atoms with van der Waals surface area (Å²) < 4.78 is 74.3. The van der Waals surface area contributed by atoms with Gasteiger partial charge in [0.05, 0.1) is 30.2 Å². The average molecular weight is 474 g/mol. The van der Waals surface area contributed by atoms with E-state index in [-0.39, 0.29) is 0 Å². The van der Waals surface area contributed by atoms with E-state index in [0.717, 1.165) is 18.4 Å². The van der Waals surface area contributed by atoms with Gasteiger partial charge in [-0.1, -0.05) is 6.07 Å². The van der Waals surface area contributed by atoms with Gasteiger partial charge in [-0.15, -0.1) is 0 Å². The molecule has 0 spiro atoms. The van der Waals surface area contributed by atoms with Gasteiger partial charge < -0.3 is 9.84 Å². The van der Waals surface area contributed by atoms with Gasteiger partial charge in [0.25, 0.3) is 10.1 Å². The number of fused-ring (bicyclic) bond motifs is 5. The number of amides is 2. The third kappa shape index (κ3) is 2.90. The fourth-order valence-electron chi connectivity index (χ4n) is 5.10. The van der Waals surface area contributed by atoms with Gasteiger partial charge in [-0.25, -0.2) is 9.74 Å². The zero-order valence-corrected chi connectivity index (χ0v) is 17.7. The molecule has 172 valence electrons. The first kappa shape index (κ1) is 22.7. The molecule has 2 amide bonds. The van der Waals surface area contributed by atoms with Crippen LogP contribution in [0.5, 0.6) is 0 Å². The number of nitrogens with zero attached hydrogens (tertiary/aromatic N) is 2. The van der Waals surface area contributed by atoms with Crippen molar-refractivity contribution >= 4 is 33.3 Å². The lowest BCUT2D eigenvalue weighted by atomic mass is 9.66. The summed E-state index contributed by atoms with van der Waals surface area (Å²) in [5.41, 5.74) is -5.83. The fourth-order valence-corrected chi connectivity index (χ4v) is 5.77. The Balaban J connectivity index is 1.81. The second kappa shape index (κ2) is 6.50. The maximum atomic E-state index is 13.4. The summed E-state index contributed by atoms with van der Waals surface area (Å²) in [5, 5.41) is 10.7. The van der Waals surface area contributed by atoms with E-state index in [1.807, 2.05) is 0 Å². The number of hydrogen-bond acceptors (Lipinski definition) is 7. The van der Waals surface area contributed by atoms with Crippen molar-refractivity contribution in [1.82, 2.24) is 0 Å². The van der Waals surface area contributed by atoms with Gasteiger partial charge in [0.15, 0.2) is 5.69 Å². The van der Waals surface area contributed by atoms with E-state index < -0.39 is 80.3 Å². The monoisotopic (exact) mass is 474 g/mol. The van der Waals surface area contributed by atoms with Gasteiger partial charge in [-0.05, 0) is 26.0 Å². The molecule has 9 nitrogen and oxygen atoms in total. The molecule has 1 aromatic carbocycles. The molecule has 3 heterocycles. The Morgan fingerprint density at radius 2 is 1.75 bits per heavy atom. The number of hydrogen-bond donors (Lipinski definition) is 1. The summed E-state index contributed by atoms with van der Waals surface area (Å²) in [4.78, 5) is 29.9. The molecule has 3 aliphatic rings. The highest BCUT2D eigenvalue weighted by Gasteiger charge is 2.80. The van der Waals surface area contributed by atoms with Crippen LogP contribution in [-0.4, -0.2) is 55.0 Å². The second-order valence-electron chi connectivity index (χ2n) is 8.41. The predicted octanol–water partition coefficient (Wildman–Crippen LogP) is 1.63. The zero-order chi connectivity index (χ0) is 24.0. The smallest absolute Gasteiger partial charge is 0.387 e. The molecule has 4 rings (SSSR count). The molecular formula is C19H17F3N2O7S. The number of benzene rings is 1. The van der Waals surface area contributed by atoms with Crippen LogP contribution in [0.15, 0.2) is 18.2 Å². The van der Waals surface area contributed by atoms with E-state index in [1.54, 1.807) is 0 Å². The Kier molecular flexibility index (Phi) is 4.61. The lowest BCUT2D eigenvalue weighted by Crippen LogP contribution is -2.58. The van der Waals surface area contributed by atoms with Crippen molar-refractivity contribution in [3.63, 3.8) is 0 Å². The highest BCUT2D eigenvalue weighted by atomic mass is 32.2. The first-order chi connectivity index (χ1) is 14.6. The minimum absolute atomic E-state index is 0.393. The van der Waals surface area contributed by atoms with E-state index in [2.05, 4.69) is 4.85 Å². The van der Waals surface area contributed by atoms with Crippen LogP contribution >= 0.6 is 0 Å². The Hall–Kier alpha value is -2.53. The quantitative estimate of drug-likeness (QED) is 0.402. The molecule has 0 radical (unpaired) electrons. The van der Waals surface area contributed by atoms with Gasteiger partial charge in [0, 0.05) is 5.69 Å². The summed E-state index contributed by atoms with van der Waals surface area (Å²) in [6.45, 7) is 9.57. The fraction of sp³-hybridized carbons (Fsp3) is 0.526. The highest BCUT2D eigenvalue weighted by molar-refractivity contribution is 7.86. The van der Waals surface area contributed by atoms with Gasteiger partial charge >= 0.3 is 6.18 Å². The molecule has 0 aliphatic carbocycles. The van der Waals surface area contributed by atoms with Crippen molar-refractivity contribution in [2.75, 3.05) is 11.2 Å². The molecule has 3 aliphatic heterocycles. The molecule has 32 heavy (non-hydrogen) atoms. The largest absolute Gasteiger partial charge is 0.407 e. The van der Waals surface area contributed by atoms with E-state index in [1.165, 1.54) is 13.8 Å². The van der Waals surface area contributed by atoms with Crippen LogP contribution < -0.4 is 4.90 Å². The van der Waals surface area contributed by atoms with Crippen LogP contribution in [0.3, 0.4) is 0 Å². The number of aliphatic hydroxyl groups is 1. The Morgan fingerprint density at radius 1 is 1.19 bits per heavy atom. The molecule has 13 heteroatoms. The van der Waals surface area contributed by atoms with Crippen molar-refractivity contribution in [2.45, 2.75) is 43.4 Å². The van der Waals surface area contributed by atoms with Gasteiger partial charge in [-0.2, -0.15) is 21.6 Å². The summed E-state index contributed by atoms with van der Waals surface area (Å²) >= 11 is 0. The molecule has 0 aromatic heterocycles. The standard InChI is InChI=1S/C19H17F3N2O7S/c1-17-11-12(18(2,31-17)14(13(17)25)30-32(4,28)29)16(27)24(15(11)26)8-5-6-10(23-3)9(7-8)19(20,21)22/h5-7,11-14,25H,1-2,4H3/t11-,12+,13-,14-,17?,18?/m1/s1. The molecule has 6 atom stereocenters.